The zero-order valence-electron chi connectivity index (χ0n) is 10.9. The highest BCUT2D eigenvalue weighted by molar-refractivity contribution is 5.45. The van der Waals surface area contributed by atoms with E-state index < -0.39 is 4.92 Å². The SMILES string of the molecule is Cc1ccc(CNc2ccc([N+](=O)[O-])c(C)n2)cc1. The minimum absolute atomic E-state index is 0.0425. The summed E-state index contributed by atoms with van der Waals surface area (Å²) in [5, 5.41) is 13.8. The lowest BCUT2D eigenvalue weighted by atomic mass is 10.1. The molecule has 1 heterocycles. The van der Waals surface area contributed by atoms with Gasteiger partial charge in [0, 0.05) is 12.6 Å². The Hall–Kier alpha value is -2.43. The highest BCUT2D eigenvalue weighted by Crippen LogP contribution is 2.18. The first-order chi connectivity index (χ1) is 9.06. The van der Waals surface area contributed by atoms with E-state index in [-0.39, 0.29) is 5.69 Å². The van der Waals surface area contributed by atoms with Crippen molar-refractivity contribution >= 4 is 11.5 Å². The minimum atomic E-state index is -0.425. The maximum absolute atomic E-state index is 10.7. The molecule has 19 heavy (non-hydrogen) atoms. The predicted octanol–water partition coefficient (Wildman–Crippen LogP) is 3.22. The summed E-state index contributed by atoms with van der Waals surface area (Å²) in [6.07, 6.45) is 0. The van der Waals surface area contributed by atoms with Crippen LogP contribution in [0.2, 0.25) is 0 Å². The number of aromatic nitrogens is 1. The average molecular weight is 257 g/mol. The normalized spacial score (nSPS) is 10.2. The smallest absolute Gasteiger partial charge is 0.290 e. The Morgan fingerprint density at radius 2 is 1.84 bits per heavy atom. The van der Waals surface area contributed by atoms with Gasteiger partial charge >= 0.3 is 0 Å². The fourth-order valence-electron chi connectivity index (χ4n) is 1.74. The monoisotopic (exact) mass is 257 g/mol. The number of nitrogens with zero attached hydrogens (tertiary/aromatic N) is 2. The Kier molecular flexibility index (Phi) is 3.75. The summed E-state index contributed by atoms with van der Waals surface area (Å²) in [7, 11) is 0. The largest absolute Gasteiger partial charge is 0.366 e. The van der Waals surface area contributed by atoms with E-state index in [4.69, 9.17) is 0 Å². The highest BCUT2D eigenvalue weighted by Gasteiger charge is 2.11. The Bertz CT molecular complexity index is 594. The van der Waals surface area contributed by atoms with Crippen molar-refractivity contribution in [1.29, 1.82) is 0 Å². The van der Waals surface area contributed by atoms with Gasteiger partial charge in [-0.1, -0.05) is 29.8 Å². The van der Waals surface area contributed by atoms with Gasteiger partial charge in [-0.2, -0.15) is 0 Å². The molecule has 0 spiro atoms. The van der Waals surface area contributed by atoms with Crippen LogP contribution in [0, 0.1) is 24.0 Å². The number of pyridine rings is 1. The molecule has 0 atom stereocenters. The quantitative estimate of drug-likeness (QED) is 0.674. The molecule has 1 N–H and O–H groups in total. The number of rotatable bonds is 4. The second-order valence-electron chi connectivity index (χ2n) is 4.40. The van der Waals surface area contributed by atoms with Crippen molar-refractivity contribution in [1.82, 2.24) is 4.98 Å². The number of hydrogen-bond acceptors (Lipinski definition) is 4. The molecule has 0 unspecified atom stereocenters. The van der Waals surface area contributed by atoms with Crippen molar-refractivity contribution in [2.45, 2.75) is 20.4 Å². The van der Waals surface area contributed by atoms with Crippen molar-refractivity contribution in [3.63, 3.8) is 0 Å². The molecule has 0 amide bonds. The summed E-state index contributed by atoms with van der Waals surface area (Å²) < 4.78 is 0. The first kappa shape index (κ1) is 13.0. The molecule has 0 radical (unpaired) electrons. The van der Waals surface area contributed by atoms with Gasteiger partial charge in [-0.15, -0.1) is 0 Å². The van der Waals surface area contributed by atoms with E-state index in [1.807, 2.05) is 31.2 Å². The number of hydrogen-bond donors (Lipinski definition) is 1. The second kappa shape index (κ2) is 5.48. The molecule has 0 fully saturated rings. The summed E-state index contributed by atoms with van der Waals surface area (Å²) >= 11 is 0. The van der Waals surface area contributed by atoms with E-state index in [0.29, 0.717) is 18.1 Å². The van der Waals surface area contributed by atoms with Crippen LogP contribution in [0.25, 0.3) is 0 Å². The Morgan fingerprint density at radius 3 is 2.42 bits per heavy atom. The maximum Gasteiger partial charge on any atom is 0.290 e. The van der Waals surface area contributed by atoms with Crippen LogP contribution in [0.4, 0.5) is 11.5 Å². The number of anilines is 1. The van der Waals surface area contributed by atoms with Crippen LogP contribution in [-0.4, -0.2) is 9.91 Å². The summed E-state index contributed by atoms with van der Waals surface area (Å²) in [5.41, 5.74) is 2.82. The number of aryl methyl sites for hydroxylation is 2. The lowest BCUT2D eigenvalue weighted by Gasteiger charge is -2.07. The van der Waals surface area contributed by atoms with Crippen molar-refractivity contribution in [3.8, 4) is 0 Å². The van der Waals surface area contributed by atoms with Gasteiger partial charge < -0.3 is 5.32 Å². The molecule has 1 aromatic carbocycles. The van der Waals surface area contributed by atoms with Crippen LogP contribution >= 0.6 is 0 Å². The van der Waals surface area contributed by atoms with Crippen LogP contribution < -0.4 is 5.32 Å². The van der Waals surface area contributed by atoms with E-state index in [1.54, 1.807) is 13.0 Å². The zero-order chi connectivity index (χ0) is 13.8. The van der Waals surface area contributed by atoms with Gasteiger partial charge in [0.05, 0.1) is 4.92 Å². The Balaban J connectivity index is 2.06. The van der Waals surface area contributed by atoms with E-state index in [1.165, 1.54) is 11.6 Å². The summed E-state index contributed by atoms with van der Waals surface area (Å²) in [6, 6.07) is 11.3. The van der Waals surface area contributed by atoms with E-state index in [9.17, 15) is 10.1 Å². The van der Waals surface area contributed by atoms with Gasteiger partial charge in [-0.25, -0.2) is 4.98 Å². The van der Waals surface area contributed by atoms with Gasteiger partial charge in [0.15, 0.2) is 0 Å². The summed E-state index contributed by atoms with van der Waals surface area (Å²) in [5.74, 6) is 0.642. The van der Waals surface area contributed by atoms with Gasteiger partial charge in [0.2, 0.25) is 0 Å². The minimum Gasteiger partial charge on any atom is -0.366 e. The summed E-state index contributed by atoms with van der Waals surface area (Å²) in [6.45, 7) is 4.32. The molecule has 0 saturated heterocycles. The molecule has 0 bridgehead atoms. The summed E-state index contributed by atoms with van der Waals surface area (Å²) in [4.78, 5) is 14.4. The van der Waals surface area contributed by atoms with Crippen molar-refractivity contribution in [3.05, 3.63) is 63.3 Å². The second-order valence-corrected chi connectivity index (χ2v) is 4.40. The van der Waals surface area contributed by atoms with E-state index in [2.05, 4.69) is 10.3 Å². The van der Waals surface area contributed by atoms with E-state index >= 15 is 0 Å². The lowest BCUT2D eigenvalue weighted by Crippen LogP contribution is -2.03. The fourth-order valence-corrected chi connectivity index (χ4v) is 1.74. The third-order valence-corrected chi connectivity index (χ3v) is 2.85. The van der Waals surface area contributed by atoms with E-state index in [0.717, 1.165) is 5.56 Å². The molecule has 2 rings (SSSR count). The van der Waals surface area contributed by atoms with Gasteiger partial charge in [-0.3, -0.25) is 10.1 Å². The first-order valence-electron chi connectivity index (χ1n) is 5.98. The molecule has 0 saturated carbocycles. The van der Waals surface area contributed by atoms with Crippen LogP contribution in [0.3, 0.4) is 0 Å². The van der Waals surface area contributed by atoms with Crippen LogP contribution in [-0.2, 0) is 6.54 Å². The van der Waals surface area contributed by atoms with Crippen LogP contribution in [0.15, 0.2) is 36.4 Å². The zero-order valence-corrected chi connectivity index (χ0v) is 10.9. The van der Waals surface area contributed by atoms with Gasteiger partial charge in [0.25, 0.3) is 5.69 Å². The van der Waals surface area contributed by atoms with Crippen molar-refractivity contribution < 1.29 is 4.92 Å². The molecule has 0 aliphatic rings. The third-order valence-electron chi connectivity index (χ3n) is 2.85. The Morgan fingerprint density at radius 1 is 1.16 bits per heavy atom. The topological polar surface area (TPSA) is 68.1 Å². The predicted molar refractivity (Wildman–Crippen MR) is 74.1 cm³/mol. The van der Waals surface area contributed by atoms with Crippen LogP contribution in [0.1, 0.15) is 16.8 Å². The molecule has 0 aliphatic heterocycles. The molecule has 5 nitrogen and oxygen atoms in total. The molecule has 5 heteroatoms. The van der Waals surface area contributed by atoms with Crippen molar-refractivity contribution in [2.75, 3.05) is 5.32 Å². The molecule has 98 valence electrons. The first-order valence-corrected chi connectivity index (χ1v) is 5.98. The number of nitrogens with one attached hydrogen (secondary N) is 1. The van der Waals surface area contributed by atoms with Crippen LogP contribution in [0.5, 0.6) is 0 Å². The van der Waals surface area contributed by atoms with Gasteiger partial charge in [-0.05, 0) is 25.5 Å². The Labute approximate surface area is 111 Å². The number of benzene rings is 1. The molecular weight excluding hydrogens is 242 g/mol. The highest BCUT2D eigenvalue weighted by atomic mass is 16.6. The molecule has 2 aromatic rings. The average Bonchev–Trinajstić information content (AvgIpc) is 2.37. The number of nitro groups is 1. The van der Waals surface area contributed by atoms with Gasteiger partial charge in [0.1, 0.15) is 11.5 Å². The van der Waals surface area contributed by atoms with Crippen molar-refractivity contribution in [2.24, 2.45) is 0 Å². The molecule has 1 aromatic heterocycles. The molecular formula is C14H15N3O2. The molecule has 0 aliphatic carbocycles. The maximum atomic E-state index is 10.7. The third kappa shape index (κ3) is 3.28. The lowest BCUT2D eigenvalue weighted by molar-refractivity contribution is -0.385. The fraction of sp³-hybridized carbons (Fsp3) is 0.214. The standard InChI is InChI=1S/C14H15N3O2/c1-10-3-5-12(6-4-10)9-15-14-8-7-13(17(18)19)11(2)16-14/h3-8H,9H2,1-2H3,(H,15,16).